The number of hydrogen-bond donors (Lipinski definition) is 1. The summed E-state index contributed by atoms with van der Waals surface area (Å²) in [6.07, 6.45) is 0. The number of hydrogen-bond acceptors (Lipinski definition) is 8. The lowest BCUT2D eigenvalue weighted by Gasteiger charge is -2.10. The molecule has 0 spiro atoms. The molecule has 0 bridgehead atoms. The first-order valence-electron chi connectivity index (χ1n) is 17.1. The van der Waals surface area contributed by atoms with E-state index in [0.29, 0.717) is 24.3 Å². The van der Waals surface area contributed by atoms with Gasteiger partial charge in [0.1, 0.15) is 41.7 Å². The van der Waals surface area contributed by atoms with Crippen LogP contribution < -0.4 is 14.2 Å². The van der Waals surface area contributed by atoms with Gasteiger partial charge in [-0.05, 0) is 97.8 Å². The topological polar surface area (TPSA) is 124 Å². The van der Waals surface area contributed by atoms with Gasteiger partial charge in [0.2, 0.25) is 0 Å². The molecule has 0 amide bonds. The number of halogens is 1. The lowest BCUT2D eigenvalue weighted by atomic mass is 10.1. The molecule has 276 valence electrons. The van der Waals surface area contributed by atoms with Gasteiger partial charge in [-0.25, -0.2) is 0 Å². The predicted octanol–water partition coefficient (Wildman–Crippen LogP) is 9.18. The number of alkyl halides is 1. The molecule has 0 aliphatic carbocycles. The predicted molar refractivity (Wildman–Crippen MR) is 213 cm³/mol. The molecule has 6 rings (SSSR count). The van der Waals surface area contributed by atoms with Crippen LogP contribution in [0.1, 0.15) is 25.0 Å². The third-order valence-electron chi connectivity index (χ3n) is 8.51. The van der Waals surface area contributed by atoms with Crippen molar-refractivity contribution >= 4 is 37.7 Å². The average Bonchev–Trinajstić information content (AvgIpc) is 3.70. The zero-order valence-electron chi connectivity index (χ0n) is 31.0. The van der Waals surface area contributed by atoms with E-state index in [9.17, 15) is 15.6 Å². The number of nitriles is 2. The second-order valence-corrected chi connectivity index (χ2v) is 12.3. The second-order valence-electron chi connectivity index (χ2n) is 11.5. The lowest BCUT2D eigenvalue weighted by molar-refractivity contribution is 0.146. The van der Waals surface area contributed by atoms with Crippen molar-refractivity contribution in [1.82, 2.24) is 9.13 Å². The smallest absolute Gasteiger partial charge is 0.120 e. The van der Waals surface area contributed by atoms with E-state index in [1.54, 1.807) is 40.6 Å². The summed E-state index contributed by atoms with van der Waals surface area (Å²) in [6, 6.07) is 31.0. The zero-order chi connectivity index (χ0) is 38.3. The number of aryl methyl sites for hydroxylation is 2. The standard InChI is InChI=1S/C21H22N2O3.C18H16N2O2.C3H7BrO/c1-4-23-20-13-17(25-3)9-10-18(20)19(14-22)21(23)15-5-7-16(8-6-15)26-12-11-24-2;1-3-20-17-10-14(22-2)8-9-15(17)16(11-19)18(20)12-4-6-13(21)7-5-12;1-5-3-2-4/h5-10,13H,4,11-12H2,1-3H3;4-10,21H,3H2,1-2H3;2-3H2,1H3. The Morgan fingerprint density at radius 3 is 1.40 bits per heavy atom. The molecule has 4 aromatic carbocycles. The van der Waals surface area contributed by atoms with E-state index >= 15 is 0 Å². The number of benzene rings is 4. The minimum atomic E-state index is 0.211. The molecule has 0 atom stereocenters. The van der Waals surface area contributed by atoms with Gasteiger partial charge in [-0.15, -0.1) is 0 Å². The van der Waals surface area contributed by atoms with Crippen molar-refractivity contribution in [3.05, 3.63) is 96.1 Å². The van der Waals surface area contributed by atoms with E-state index in [0.717, 1.165) is 86.6 Å². The minimum absolute atomic E-state index is 0.211. The Hall–Kier alpha value is -5.46. The molecule has 10 nitrogen and oxygen atoms in total. The van der Waals surface area contributed by atoms with Gasteiger partial charge in [-0.1, -0.05) is 15.9 Å². The Labute approximate surface area is 319 Å². The van der Waals surface area contributed by atoms with Gasteiger partial charge in [0.25, 0.3) is 0 Å². The molecule has 0 aliphatic rings. The summed E-state index contributed by atoms with van der Waals surface area (Å²) in [5.41, 5.74) is 6.97. The van der Waals surface area contributed by atoms with Gasteiger partial charge < -0.3 is 37.9 Å². The van der Waals surface area contributed by atoms with E-state index in [1.807, 2.05) is 79.7 Å². The molecule has 1 N–H and O–H groups in total. The first-order chi connectivity index (χ1) is 25.8. The van der Waals surface area contributed by atoms with E-state index in [1.165, 1.54) is 0 Å². The maximum Gasteiger partial charge on any atom is 0.120 e. The normalized spacial score (nSPS) is 10.4. The van der Waals surface area contributed by atoms with Crippen LogP contribution in [-0.4, -0.2) is 67.8 Å². The van der Waals surface area contributed by atoms with Crippen molar-refractivity contribution in [3.63, 3.8) is 0 Å². The van der Waals surface area contributed by atoms with Crippen LogP contribution in [0.4, 0.5) is 0 Å². The number of fused-ring (bicyclic) bond motifs is 2. The highest BCUT2D eigenvalue weighted by molar-refractivity contribution is 9.09. The zero-order valence-corrected chi connectivity index (χ0v) is 32.6. The third kappa shape index (κ3) is 9.32. The fourth-order valence-corrected chi connectivity index (χ4v) is 6.37. The Kier molecular flexibility index (Phi) is 15.2. The van der Waals surface area contributed by atoms with Gasteiger partial charge >= 0.3 is 0 Å². The highest BCUT2D eigenvalue weighted by Crippen LogP contribution is 2.37. The SMILES string of the molecule is CCn1c(-c2ccc(O)cc2)c(C#N)c2ccc(OC)cc21.CCn1c(-c2ccc(OCCOC)cc2)c(C#N)c2ccc(OC)cc21.COCCBr. The van der Waals surface area contributed by atoms with Crippen LogP contribution in [0.5, 0.6) is 23.0 Å². The number of phenolic OH excluding ortho intramolecular Hbond substituents is 1. The van der Waals surface area contributed by atoms with Gasteiger partial charge in [0.15, 0.2) is 0 Å². The van der Waals surface area contributed by atoms with E-state index < -0.39 is 0 Å². The van der Waals surface area contributed by atoms with Crippen molar-refractivity contribution < 1.29 is 28.8 Å². The Balaban J connectivity index is 0.000000212. The van der Waals surface area contributed by atoms with Crippen molar-refractivity contribution in [2.24, 2.45) is 0 Å². The maximum atomic E-state index is 9.78. The average molecular weight is 782 g/mol. The summed E-state index contributed by atoms with van der Waals surface area (Å²) in [5.74, 6) is 2.54. The van der Waals surface area contributed by atoms with E-state index in [-0.39, 0.29) is 5.75 Å². The number of phenols is 1. The number of methoxy groups -OCH3 is 4. The van der Waals surface area contributed by atoms with Gasteiger partial charge in [-0.3, -0.25) is 0 Å². The lowest BCUT2D eigenvalue weighted by Crippen LogP contribution is -2.04. The van der Waals surface area contributed by atoms with Crippen LogP contribution >= 0.6 is 15.9 Å². The monoisotopic (exact) mass is 780 g/mol. The van der Waals surface area contributed by atoms with Gasteiger partial charge in [-0.2, -0.15) is 10.5 Å². The Morgan fingerprint density at radius 2 is 1.04 bits per heavy atom. The van der Waals surface area contributed by atoms with Crippen molar-refractivity contribution in [2.75, 3.05) is 53.6 Å². The Bertz CT molecular complexity index is 2180. The van der Waals surface area contributed by atoms with E-state index in [2.05, 4.69) is 48.9 Å². The fraction of sp³-hybridized carbons (Fsp3) is 0.286. The van der Waals surface area contributed by atoms with Crippen LogP contribution in [0.25, 0.3) is 44.3 Å². The molecule has 11 heteroatoms. The molecule has 0 saturated heterocycles. The maximum absolute atomic E-state index is 9.78. The van der Waals surface area contributed by atoms with E-state index in [4.69, 9.17) is 18.9 Å². The van der Waals surface area contributed by atoms with Crippen LogP contribution in [0.15, 0.2) is 84.9 Å². The number of aromatic nitrogens is 2. The van der Waals surface area contributed by atoms with Crippen molar-refractivity contribution in [2.45, 2.75) is 26.9 Å². The molecule has 0 fully saturated rings. The summed E-state index contributed by atoms with van der Waals surface area (Å²) in [6.45, 7) is 7.48. The minimum Gasteiger partial charge on any atom is -0.508 e. The third-order valence-corrected chi connectivity index (χ3v) is 8.83. The number of rotatable bonds is 12. The van der Waals surface area contributed by atoms with Crippen LogP contribution in [-0.2, 0) is 22.6 Å². The van der Waals surface area contributed by atoms with Crippen LogP contribution in [0.2, 0.25) is 0 Å². The molecule has 0 radical (unpaired) electrons. The first-order valence-corrected chi connectivity index (χ1v) is 18.2. The van der Waals surface area contributed by atoms with Crippen molar-refractivity contribution in [1.29, 1.82) is 10.5 Å². The molecule has 0 saturated carbocycles. The molecular formula is C42H45BrN4O6. The molecule has 2 aromatic heterocycles. The first kappa shape index (κ1) is 40.3. The van der Waals surface area contributed by atoms with Gasteiger partial charge in [0, 0.05) is 55.5 Å². The quantitative estimate of drug-likeness (QED) is 0.0964. The largest absolute Gasteiger partial charge is 0.508 e. The Morgan fingerprint density at radius 1 is 0.604 bits per heavy atom. The number of aromatic hydroxyl groups is 1. The molecule has 53 heavy (non-hydrogen) atoms. The number of ether oxygens (including phenoxy) is 5. The molecule has 2 heterocycles. The summed E-state index contributed by atoms with van der Waals surface area (Å²) in [4.78, 5) is 0. The number of nitrogens with zero attached hydrogens (tertiary/aromatic N) is 4. The molecule has 0 aliphatic heterocycles. The molecular weight excluding hydrogens is 736 g/mol. The molecule has 0 unspecified atom stereocenters. The van der Waals surface area contributed by atoms with Gasteiger partial charge in [0.05, 0.1) is 61.0 Å². The van der Waals surface area contributed by atoms with Crippen LogP contribution in [0, 0.1) is 22.7 Å². The molecule has 6 aromatic rings. The summed E-state index contributed by atoms with van der Waals surface area (Å²) in [7, 11) is 6.61. The summed E-state index contributed by atoms with van der Waals surface area (Å²) >= 11 is 3.18. The second kappa shape index (κ2) is 20.0. The fourth-order valence-electron chi connectivity index (χ4n) is 6.04. The highest BCUT2D eigenvalue weighted by Gasteiger charge is 2.20. The summed E-state index contributed by atoms with van der Waals surface area (Å²) in [5, 5.41) is 31.7. The highest BCUT2D eigenvalue weighted by atomic mass is 79.9. The van der Waals surface area contributed by atoms with Crippen LogP contribution in [0.3, 0.4) is 0 Å². The van der Waals surface area contributed by atoms with Crippen molar-refractivity contribution in [3.8, 4) is 57.7 Å². The summed E-state index contributed by atoms with van der Waals surface area (Å²) < 4.78 is 30.2.